The van der Waals surface area contributed by atoms with Crippen molar-refractivity contribution < 1.29 is 22.7 Å². The Kier molecular flexibility index (Phi) is 6.88. The quantitative estimate of drug-likeness (QED) is 0.703. The summed E-state index contributed by atoms with van der Waals surface area (Å²) in [6.45, 7) is 5.78. The molecule has 0 aromatic heterocycles. The molecule has 34 heavy (non-hydrogen) atoms. The Balaban J connectivity index is 1.46. The monoisotopic (exact) mass is 483 g/mol. The molecule has 0 unspecified atom stereocenters. The first-order chi connectivity index (χ1) is 16.1. The first-order valence-corrected chi connectivity index (χ1v) is 12.7. The van der Waals surface area contributed by atoms with Crippen LogP contribution in [-0.4, -0.2) is 54.7 Å². The van der Waals surface area contributed by atoms with Gasteiger partial charge in [-0.15, -0.1) is 0 Å². The van der Waals surface area contributed by atoms with Crippen LogP contribution in [0.15, 0.2) is 59.6 Å². The van der Waals surface area contributed by atoms with Gasteiger partial charge in [-0.3, -0.25) is 9.59 Å². The Hall–Kier alpha value is -3.01. The highest BCUT2D eigenvalue weighted by Crippen LogP contribution is 2.33. The number of hydrogen-bond donors (Lipinski definition) is 1. The molecule has 2 aliphatic heterocycles. The number of nitrogens with zero attached hydrogens (tertiary/aromatic N) is 2. The third-order valence-electron chi connectivity index (χ3n) is 6.01. The average molecular weight is 484 g/mol. The number of sulfonamides is 1. The Morgan fingerprint density at radius 2 is 1.68 bits per heavy atom. The predicted octanol–water partition coefficient (Wildman–Crippen LogP) is 3.39. The maximum Gasteiger partial charge on any atom is 0.243 e. The molecule has 3 atom stereocenters. The molecule has 2 amide bonds. The lowest BCUT2D eigenvalue weighted by Crippen LogP contribution is -2.48. The number of carbonyl (C=O) groups is 2. The summed E-state index contributed by atoms with van der Waals surface area (Å²) in [6.07, 6.45) is 3.29. The highest BCUT2D eigenvalue weighted by molar-refractivity contribution is 7.89. The Bertz CT molecular complexity index is 1200. The van der Waals surface area contributed by atoms with Gasteiger partial charge in [-0.05, 0) is 55.3 Å². The van der Waals surface area contributed by atoms with Gasteiger partial charge in [-0.1, -0.05) is 24.3 Å². The summed E-state index contributed by atoms with van der Waals surface area (Å²) in [5, 5.41) is 2.82. The highest BCUT2D eigenvalue weighted by atomic mass is 32.2. The molecule has 2 heterocycles. The van der Waals surface area contributed by atoms with Crippen LogP contribution in [0.5, 0.6) is 0 Å². The fourth-order valence-corrected chi connectivity index (χ4v) is 6.08. The van der Waals surface area contributed by atoms with Crippen LogP contribution >= 0.6 is 0 Å². The number of carbonyl (C=O) groups excluding carboxylic acids is 2. The van der Waals surface area contributed by atoms with Crippen molar-refractivity contribution in [3.8, 4) is 0 Å². The number of fused-ring (bicyclic) bond motifs is 1. The van der Waals surface area contributed by atoms with Crippen molar-refractivity contribution in [2.75, 3.05) is 18.4 Å². The largest absolute Gasteiger partial charge is 0.373 e. The number of hydrogen-bond acceptors (Lipinski definition) is 5. The minimum atomic E-state index is -3.66. The standard InChI is InChI=1S/C25H29N3O5S/c1-17-15-27(16-18(2)33-17)34(31,32)22-10-8-21(9-11-22)26-25(30)14-24-23-7-5-4-6-20(23)12-13-28(24)19(3)29/h4-13,17-18,24H,14-16H2,1-3H3,(H,26,30)/t17-,18-,24+/m1/s1. The fraction of sp³-hybridized carbons (Fsp3) is 0.360. The third kappa shape index (κ3) is 5.06. The molecule has 0 radical (unpaired) electrons. The van der Waals surface area contributed by atoms with Gasteiger partial charge < -0.3 is 15.0 Å². The molecule has 8 nitrogen and oxygen atoms in total. The van der Waals surface area contributed by atoms with Crippen LogP contribution in [0.2, 0.25) is 0 Å². The van der Waals surface area contributed by atoms with Crippen LogP contribution in [0.3, 0.4) is 0 Å². The summed E-state index contributed by atoms with van der Waals surface area (Å²) in [5.74, 6) is -0.419. The van der Waals surface area contributed by atoms with Crippen molar-refractivity contribution in [3.05, 3.63) is 65.9 Å². The zero-order valence-electron chi connectivity index (χ0n) is 19.5. The molecule has 2 aromatic carbocycles. The summed E-state index contributed by atoms with van der Waals surface area (Å²) >= 11 is 0. The van der Waals surface area contributed by atoms with E-state index in [4.69, 9.17) is 4.74 Å². The number of benzene rings is 2. The highest BCUT2D eigenvalue weighted by Gasteiger charge is 2.32. The van der Waals surface area contributed by atoms with Crippen molar-refractivity contribution in [3.63, 3.8) is 0 Å². The molecule has 4 rings (SSSR count). The molecule has 1 saturated heterocycles. The minimum absolute atomic E-state index is 0.0739. The van der Waals surface area contributed by atoms with Crippen molar-refractivity contribution in [2.24, 2.45) is 0 Å². The van der Waals surface area contributed by atoms with E-state index < -0.39 is 16.1 Å². The van der Waals surface area contributed by atoms with E-state index in [1.807, 2.05) is 44.2 Å². The number of nitrogens with one attached hydrogen (secondary N) is 1. The topological polar surface area (TPSA) is 96.0 Å². The maximum absolute atomic E-state index is 13.0. The van der Waals surface area contributed by atoms with Crippen LogP contribution in [-0.2, 0) is 24.3 Å². The van der Waals surface area contributed by atoms with Crippen molar-refractivity contribution in [2.45, 2.75) is 50.3 Å². The lowest BCUT2D eigenvalue weighted by molar-refractivity contribution is -0.129. The van der Waals surface area contributed by atoms with Crippen LogP contribution in [0, 0.1) is 0 Å². The van der Waals surface area contributed by atoms with Crippen molar-refractivity contribution in [1.29, 1.82) is 0 Å². The number of ether oxygens (including phenoxy) is 1. The van der Waals surface area contributed by atoms with Crippen molar-refractivity contribution >= 4 is 33.6 Å². The fourth-order valence-electron chi connectivity index (χ4n) is 4.49. The summed E-state index contributed by atoms with van der Waals surface area (Å²) in [4.78, 5) is 26.7. The summed E-state index contributed by atoms with van der Waals surface area (Å²) < 4.78 is 33.1. The van der Waals surface area contributed by atoms with Gasteiger partial charge in [0.1, 0.15) is 0 Å². The van der Waals surface area contributed by atoms with E-state index in [0.717, 1.165) is 11.1 Å². The number of amides is 2. The van der Waals surface area contributed by atoms with Crippen LogP contribution < -0.4 is 5.32 Å². The molecule has 0 aliphatic carbocycles. The maximum atomic E-state index is 13.0. The van der Waals surface area contributed by atoms with Gasteiger partial charge in [-0.25, -0.2) is 8.42 Å². The van der Waals surface area contributed by atoms with Crippen molar-refractivity contribution in [1.82, 2.24) is 9.21 Å². The normalized spacial score (nSPS) is 22.8. The molecule has 2 aromatic rings. The van der Waals surface area contributed by atoms with E-state index in [2.05, 4.69) is 5.32 Å². The summed E-state index contributed by atoms with van der Waals surface area (Å²) in [7, 11) is -3.66. The van der Waals surface area contributed by atoms with Gasteiger partial charge in [-0.2, -0.15) is 4.31 Å². The lowest BCUT2D eigenvalue weighted by atomic mass is 9.93. The predicted molar refractivity (Wildman–Crippen MR) is 129 cm³/mol. The van der Waals surface area contributed by atoms with E-state index in [0.29, 0.717) is 18.8 Å². The molecule has 9 heteroatoms. The second-order valence-electron chi connectivity index (χ2n) is 8.74. The smallest absolute Gasteiger partial charge is 0.243 e. The summed E-state index contributed by atoms with van der Waals surface area (Å²) in [6, 6.07) is 13.4. The molecule has 1 N–H and O–H groups in total. The number of anilines is 1. The molecule has 2 aliphatic rings. The molecular weight excluding hydrogens is 454 g/mol. The Labute approximate surface area is 200 Å². The molecule has 180 valence electrons. The Morgan fingerprint density at radius 1 is 1.03 bits per heavy atom. The molecule has 0 spiro atoms. The van der Waals surface area contributed by atoms with Gasteiger partial charge in [0, 0.05) is 31.9 Å². The zero-order valence-corrected chi connectivity index (χ0v) is 20.3. The van der Waals surface area contributed by atoms with Crippen LogP contribution in [0.4, 0.5) is 5.69 Å². The van der Waals surface area contributed by atoms with Crippen LogP contribution in [0.1, 0.15) is 44.4 Å². The van der Waals surface area contributed by atoms with Gasteiger partial charge in [0.25, 0.3) is 0 Å². The van der Waals surface area contributed by atoms with E-state index in [1.54, 1.807) is 23.2 Å². The lowest BCUT2D eigenvalue weighted by Gasteiger charge is -2.34. The second-order valence-corrected chi connectivity index (χ2v) is 10.7. The minimum Gasteiger partial charge on any atom is -0.373 e. The number of rotatable bonds is 5. The number of morpholine rings is 1. The first-order valence-electron chi connectivity index (χ1n) is 11.3. The van der Waals surface area contributed by atoms with Gasteiger partial charge >= 0.3 is 0 Å². The average Bonchev–Trinajstić information content (AvgIpc) is 2.79. The zero-order chi connectivity index (χ0) is 24.5. The molecule has 0 saturated carbocycles. The molecular formula is C25H29N3O5S. The van der Waals surface area contributed by atoms with E-state index >= 15 is 0 Å². The summed E-state index contributed by atoms with van der Waals surface area (Å²) in [5.41, 5.74) is 2.37. The van der Waals surface area contributed by atoms with Gasteiger partial charge in [0.05, 0.1) is 29.6 Å². The first kappa shape index (κ1) is 24.1. The van der Waals surface area contributed by atoms with E-state index in [-0.39, 0.29) is 35.3 Å². The SMILES string of the molecule is CC(=O)N1C=Cc2ccccc2[C@@H]1CC(=O)Nc1ccc(S(=O)(=O)N2C[C@@H](C)O[C@H](C)C2)cc1. The van der Waals surface area contributed by atoms with Gasteiger partial charge in [0.2, 0.25) is 21.8 Å². The molecule has 0 bridgehead atoms. The van der Waals surface area contributed by atoms with E-state index in [9.17, 15) is 18.0 Å². The Morgan fingerprint density at radius 3 is 2.32 bits per heavy atom. The van der Waals surface area contributed by atoms with Crippen LogP contribution in [0.25, 0.3) is 6.08 Å². The third-order valence-corrected chi connectivity index (χ3v) is 7.86. The second kappa shape index (κ2) is 9.69. The van der Waals surface area contributed by atoms with E-state index in [1.165, 1.54) is 23.4 Å². The molecule has 1 fully saturated rings. The van der Waals surface area contributed by atoms with Gasteiger partial charge in [0.15, 0.2) is 0 Å².